The molecule has 3 nitrogen and oxygen atoms in total. The Labute approximate surface area is 103 Å². The normalized spacial score (nSPS) is 19.9. The van der Waals surface area contributed by atoms with E-state index in [1.165, 1.54) is 5.56 Å². The fourth-order valence-corrected chi connectivity index (χ4v) is 2.50. The third-order valence-corrected chi connectivity index (χ3v) is 3.20. The Bertz CT molecular complexity index is 406. The Balaban J connectivity index is 2.24. The Hall–Kier alpha value is -1.25. The van der Waals surface area contributed by atoms with Gasteiger partial charge in [0.25, 0.3) is 0 Å². The van der Waals surface area contributed by atoms with Crippen LogP contribution in [0.2, 0.25) is 0 Å². The van der Waals surface area contributed by atoms with Crippen LogP contribution < -0.4 is 0 Å². The molecule has 0 spiro atoms. The van der Waals surface area contributed by atoms with Crippen LogP contribution in [0.25, 0.3) is 0 Å². The first-order valence-electron chi connectivity index (χ1n) is 6.45. The number of carbonyl (C=O) groups is 1. The number of hydrogen-bond donors (Lipinski definition) is 0. The summed E-state index contributed by atoms with van der Waals surface area (Å²) in [4.78, 5) is 12.1. The summed E-state index contributed by atoms with van der Waals surface area (Å²) in [5.74, 6) is -0.144. The SMILES string of the molecule is Cc1cc2n(c1)CCCCC2C(=O)OC(C)C. The number of hydrogen-bond acceptors (Lipinski definition) is 2. The van der Waals surface area contributed by atoms with E-state index in [4.69, 9.17) is 4.74 Å². The van der Waals surface area contributed by atoms with Gasteiger partial charge in [0, 0.05) is 18.4 Å². The smallest absolute Gasteiger partial charge is 0.315 e. The molecule has 1 aliphatic heterocycles. The number of aryl methyl sites for hydroxylation is 2. The van der Waals surface area contributed by atoms with Gasteiger partial charge in [-0.25, -0.2) is 0 Å². The quantitative estimate of drug-likeness (QED) is 0.738. The number of aromatic nitrogens is 1. The van der Waals surface area contributed by atoms with E-state index in [0.29, 0.717) is 0 Å². The molecule has 2 rings (SSSR count). The largest absolute Gasteiger partial charge is 0.462 e. The maximum absolute atomic E-state index is 12.1. The van der Waals surface area contributed by atoms with Crippen LogP contribution in [0, 0.1) is 6.92 Å². The minimum Gasteiger partial charge on any atom is -0.462 e. The van der Waals surface area contributed by atoms with Gasteiger partial charge in [0.1, 0.15) is 0 Å². The van der Waals surface area contributed by atoms with Crippen molar-refractivity contribution < 1.29 is 9.53 Å². The molecule has 1 aliphatic rings. The van der Waals surface area contributed by atoms with Gasteiger partial charge in [-0.05, 0) is 45.2 Å². The molecule has 0 aromatic carbocycles. The van der Waals surface area contributed by atoms with Crippen molar-refractivity contribution >= 4 is 5.97 Å². The summed E-state index contributed by atoms with van der Waals surface area (Å²) < 4.78 is 7.58. The summed E-state index contributed by atoms with van der Waals surface area (Å²) in [5, 5.41) is 0. The molecule has 94 valence electrons. The van der Waals surface area contributed by atoms with Crippen LogP contribution in [0.1, 0.15) is 50.3 Å². The standard InChI is InChI=1S/C14H21NO2/c1-10(2)17-14(16)12-6-4-5-7-15-9-11(3)8-13(12)15/h8-10,12H,4-7H2,1-3H3. The molecule has 0 saturated carbocycles. The highest BCUT2D eigenvalue weighted by Crippen LogP contribution is 2.29. The van der Waals surface area contributed by atoms with E-state index in [9.17, 15) is 4.79 Å². The molecule has 1 atom stereocenters. The monoisotopic (exact) mass is 235 g/mol. The van der Waals surface area contributed by atoms with Gasteiger partial charge in [0.2, 0.25) is 0 Å². The molecule has 17 heavy (non-hydrogen) atoms. The van der Waals surface area contributed by atoms with Gasteiger partial charge in [-0.2, -0.15) is 0 Å². The highest BCUT2D eigenvalue weighted by molar-refractivity contribution is 5.78. The fourth-order valence-electron chi connectivity index (χ4n) is 2.50. The molecule has 0 N–H and O–H groups in total. The third kappa shape index (κ3) is 2.71. The number of ether oxygens (including phenoxy) is 1. The van der Waals surface area contributed by atoms with E-state index in [1.807, 2.05) is 13.8 Å². The summed E-state index contributed by atoms with van der Waals surface area (Å²) in [7, 11) is 0. The lowest BCUT2D eigenvalue weighted by Gasteiger charge is -2.16. The van der Waals surface area contributed by atoms with Crippen LogP contribution in [-0.4, -0.2) is 16.6 Å². The highest BCUT2D eigenvalue weighted by Gasteiger charge is 2.27. The molecule has 0 fully saturated rings. The molecule has 1 unspecified atom stereocenters. The molecular weight excluding hydrogens is 214 g/mol. The zero-order valence-corrected chi connectivity index (χ0v) is 10.9. The Kier molecular flexibility index (Phi) is 3.55. The molecule has 2 heterocycles. The lowest BCUT2D eigenvalue weighted by molar-refractivity contribution is -0.149. The van der Waals surface area contributed by atoms with Crippen molar-refractivity contribution in [2.45, 2.75) is 58.6 Å². The van der Waals surface area contributed by atoms with Crippen LogP contribution in [0.5, 0.6) is 0 Å². The lowest BCUT2D eigenvalue weighted by Crippen LogP contribution is -2.20. The maximum atomic E-state index is 12.1. The molecule has 0 radical (unpaired) electrons. The predicted molar refractivity (Wildman–Crippen MR) is 67.0 cm³/mol. The summed E-state index contributed by atoms with van der Waals surface area (Å²) in [6.07, 6.45) is 5.26. The second-order valence-electron chi connectivity index (χ2n) is 5.17. The van der Waals surface area contributed by atoms with Crippen molar-refractivity contribution in [1.82, 2.24) is 4.57 Å². The number of rotatable bonds is 2. The van der Waals surface area contributed by atoms with Gasteiger partial charge in [0.05, 0.1) is 12.0 Å². The second-order valence-corrected chi connectivity index (χ2v) is 5.17. The Morgan fingerprint density at radius 3 is 2.94 bits per heavy atom. The summed E-state index contributed by atoms with van der Waals surface area (Å²) in [5.41, 5.74) is 2.36. The van der Waals surface area contributed by atoms with Crippen molar-refractivity contribution in [2.24, 2.45) is 0 Å². The van der Waals surface area contributed by atoms with Crippen LogP contribution in [0.15, 0.2) is 12.3 Å². The van der Waals surface area contributed by atoms with E-state index in [2.05, 4.69) is 23.8 Å². The van der Waals surface area contributed by atoms with E-state index in [0.717, 1.165) is 31.5 Å². The zero-order chi connectivity index (χ0) is 12.4. The number of carbonyl (C=O) groups excluding carboxylic acids is 1. The molecule has 0 amide bonds. The van der Waals surface area contributed by atoms with Crippen molar-refractivity contribution in [1.29, 1.82) is 0 Å². The first-order valence-corrected chi connectivity index (χ1v) is 6.45. The van der Waals surface area contributed by atoms with Crippen LogP contribution >= 0.6 is 0 Å². The van der Waals surface area contributed by atoms with Gasteiger partial charge in [-0.3, -0.25) is 4.79 Å². The van der Waals surface area contributed by atoms with E-state index >= 15 is 0 Å². The Morgan fingerprint density at radius 2 is 2.24 bits per heavy atom. The Morgan fingerprint density at radius 1 is 1.47 bits per heavy atom. The van der Waals surface area contributed by atoms with Crippen LogP contribution in [-0.2, 0) is 16.1 Å². The summed E-state index contributed by atoms with van der Waals surface area (Å²) >= 11 is 0. The highest BCUT2D eigenvalue weighted by atomic mass is 16.5. The molecular formula is C14H21NO2. The summed E-state index contributed by atoms with van der Waals surface area (Å²) in [6, 6.07) is 2.12. The molecule has 0 saturated heterocycles. The van der Waals surface area contributed by atoms with Gasteiger partial charge in [-0.15, -0.1) is 0 Å². The number of fused-ring (bicyclic) bond motifs is 1. The van der Waals surface area contributed by atoms with E-state index in [-0.39, 0.29) is 18.0 Å². The van der Waals surface area contributed by atoms with Crippen molar-refractivity contribution in [3.63, 3.8) is 0 Å². The first kappa shape index (κ1) is 12.2. The van der Waals surface area contributed by atoms with Crippen molar-refractivity contribution in [3.05, 3.63) is 23.5 Å². The molecule has 1 aromatic rings. The maximum Gasteiger partial charge on any atom is 0.315 e. The average molecular weight is 235 g/mol. The van der Waals surface area contributed by atoms with E-state index in [1.54, 1.807) is 0 Å². The lowest BCUT2D eigenvalue weighted by atomic mass is 9.99. The first-order chi connectivity index (χ1) is 8.08. The molecule has 0 aliphatic carbocycles. The minimum atomic E-state index is -0.0754. The summed E-state index contributed by atoms with van der Waals surface area (Å²) in [6.45, 7) is 6.90. The second kappa shape index (κ2) is 4.94. The van der Waals surface area contributed by atoms with E-state index < -0.39 is 0 Å². The van der Waals surface area contributed by atoms with Crippen LogP contribution in [0.3, 0.4) is 0 Å². The zero-order valence-electron chi connectivity index (χ0n) is 10.9. The third-order valence-electron chi connectivity index (χ3n) is 3.20. The fraction of sp³-hybridized carbons (Fsp3) is 0.643. The minimum absolute atomic E-state index is 0.0322. The van der Waals surface area contributed by atoms with Gasteiger partial charge in [-0.1, -0.05) is 6.42 Å². The molecule has 3 heteroatoms. The van der Waals surface area contributed by atoms with Gasteiger partial charge >= 0.3 is 5.97 Å². The topological polar surface area (TPSA) is 31.2 Å². The van der Waals surface area contributed by atoms with Gasteiger partial charge in [0.15, 0.2) is 0 Å². The molecule has 0 bridgehead atoms. The van der Waals surface area contributed by atoms with Crippen molar-refractivity contribution in [2.75, 3.05) is 0 Å². The average Bonchev–Trinajstić information content (AvgIpc) is 2.47. The number of nitrogens with zero attached hydrogens (tertiary/aromatic N) is 1. The molecule has 1 aromatic heterocycles. The van der Waals surface area contributed by atoms with Crippen LogP contribution in [0.4, 0.5) is 0 Å². The number of esters is 1. The van der Waals surface area contributed by atoms with Gasteiger partial charge < -0.3 is 9.30 Å². The van der Waals surface area contributed by atoms with Crippen molar-refractivity contribution in [3.8, 4) is 0 Å². The predicted octanol–water partition coefficient (Wildman–Crippen LogP) is 3.02.